The van der Waals surface area contributed by atoms with E-state index in [9.17, 15) is 13.2 Å². The smallest absolute Gasteiger partial charge is 0.245 e. The molecule has 8 heteroatoms. The molecule has 0 fully saturated rings. The first-order valence-electron chi connectivity index (χ1n) is 10.0. The minimum Gasteiger partial charge on any atom is -0.486 e. The summed E-state index contributed by atoms with van der Waals surface area (Å²) < 4.78 is 37.7. The van der Waals surface area contributed by atoms with Crippen molar-refractivity contribution in [1.29, 1.82) is 0 Å². The maximum atomic E-state index is 12.9. The predicted octanol–water partition coefficient (Wildman–Crippen LogP) is 3.68. The lowest BCUT2D eigenvalue weighted by Crippen LogP contribution is -2.39. The molecule has 0 saturated carbocycles. The number of para-hydroxylation sites is 1. The molecule has 0 radical (unpaired) electrons. The van der Waals surface area contributed by atoms with Crippen molar-refractivity contribution in [2.75, 3.05) is 35.1 Å². The molecule has 1 aliphatic heterocycles. The SMILES string of the molecule is CCS(=O)(=O)N(CC(=O)Nc1c(C)cccc1C(C)C)c1ccc2c(c1)OCCO2. The average Bonchev–Trinajstić information content (AvgIpc) is 2.72. The number of carbonyl (C=O) groups excluding carboxylic acids is 1. The number of nitrogens with one attached hydrogen (secondary N) is 1. The highest BCUT2D eigenvalue weighted by Gasteiger charge is 2.26. The van der Waals surface area contributed by atoms with E-state index in [0.717, 1.165) is 21.1 Å². The molecule has 2 aromatic carbocycles. The molecule has 1 amide bonds. The Balaban J connectivity index is 1.89. The van der Waals surface area contributed by atoms with Crippen LogP contribution in [0.5, 0.6) is 11.5 Å². The molecule has 0 aromatic heterocycles. The van der Waals surface area contributed by atoms with Gasteiger partial charge in [-0.05, 0) is 43.0 Å². The summed E-state index contributed by atoms with van der Waals surface area (Å²) >= 11 is 0. The van der Waals surface area contributed by atoms with E-state index in [1.54, 1.807) is 25.1 Å². The van der Waals surface area contributed by atoms with Crippen LogP contribution < -0.4 is 19.1 Å². The Bertz CT molecular complexity index is 1030. The van der Waals surface area contributed by atoms with Gasteiger partial charge in [-0.3, -0.25) is 9.10 Å². The molecule has 0 saturated heterocycles. The molecule has 2 aromatic rings. The van der Waals surface area contributed by atoms with Gasteiger partial charge in [0.15, 0.2) is 11.5 Å². The second kappa shape index (κ2) is 8.95. The predicted molar refractivity (Wildman–Crippen MR) is 118 cm³/mol. The first kappa shape index (κ1) is 22.0. The van der Waals surface area contributed by atoms with Crippen LogP contribution in [0.2, 0.25) is 0 Å². The monoisotopic (exact) mass is 432 g/mol. The van der Waals surface area contributed by atoms with E-state index in [1.807, 2.05) is 39.0 Å². The Morgan fingerprint density at radius 1 is 1.13 bits per heavy atom. The van der Waals surface area contributed by atoms with Crippen molar-refractivity contribution in [3.63, 3.8) is 0 Å². The highest BCUT2D eigenvalue weighted by Crippen LogP contribution is 2.35. The van der Waals surface area contributed by atoms with Gasteiger partial charge < -0.3 is 14.8 Å². The fraction of sp³-hybridized carbons (Fsp3) is 0.409. The van der Waals surface area contributed by atoms with Crippen molar-refractivity contribution >= 4 is 27.3 Å². The van der Waals surface area contributed by atoms with Crippen molar-refractivity contribution in [1.82, 2.24) is 0 Å². The normalized spacial score (nSPS) is 13.2. The van der Waals surface area contributed by atoms with Gasteiger partial charge in [-0.1, -0.05) is 32.0 Å². The van der Waals surface area contributed by atoms with E-state index < -0.39 is 15.9 Å². The van der Waals surface area contributed by atoms with Gasteiger partial charge in [-0.2, -0.15) is 0 Å². The number of hydrogen-bond acceptors (Lipinski definition) is 5. The summed E-state index contributed by atoms with van der Waals surface area (Å²) in [5, 5.41) is 2.92. The average molecular weight is 433 g/mol. The zero-order valence-corrected chi connectivity index (χ0v) is 18.6. The third-order valence-corrected chi connectivity index (χ3v) is 6.73. The maximum absolute atomic E-state index is 12.9. The van der Waals surface area contributed by atoms with E-state index in [0.29, 0.717) is 30.4 Å². The van der Waals surface area contributed by atoms with E-state index in [-0.39, 0.29) is 18.2 Å². The molecule has 1 N–H and O–H groups in total. The van der Waals surface area contributed by atoms with E-state index in [2.05, 4.69) is 5.32 Å². The van der Waals surface area contributed by atoms with Crippen LogP contribution in [0.25, 0.3) is 0 Å². The third kappa shape index (κ3) is 4.70. The van der Waals surface area contributed by atoms with Gasteiger partial charge in [0.2, 0.25) is 15.9 Å². The number of carbonyl (C=O) groups is 1. The first-order valence-corrected chi connectivity index (χ1v) is 11.6. The van der Waals surface area contributed by atoms with Gasteiger partial charge in [-0.15, -0.1) is 0 Å². The Morgan fingerprint density at radius 2 is 1.83 bits per heavy atom. The molecule has 1 heterocycles. The van der Waals surface area contributed by atoms with Gasteiger partial charge in [0.05, 0.1) is 11.4 Å². The zero-order valence-electron chi connectivity index (χ0n) is 17.8. The van der Waals surface area contributed by atoms with Crippen LogP contribution in [0.3, 0.4) is 0 Å². The lowest BCUT2D eigenvalue weighted by atomic mass is 9.98. The van der Waals surface area contributed by atoms with E-state index >= 15 is 0 Å². The number of sulfonamides is 1. The molecule has 0 bridgehead atoms. The molecule has 30 heavy (non-hydrogen) atoms. The maximum Gasteiger partial charge on any atom is 0.245 e. The number of nitrogens with zero attached hydrogens (tertiary/aromatic N) is 1. The van der Waals surface area contributed by atoms with Crippen molar-refractivity contribution in [3.05, 3.63) is 47.5 Å². The summed E-state index contributed by atoms with van der Waals surface area (Å²) in [6.07, 6.45) is 0. The molecule has 0 atom stereocenters. The second-order valence-electron chi connectivity index (χ2n) is 7.48. The third-order valence-electron chi connectivity index (χ3n) is 4.99. The standard InChI is InChI=1S/C22H28N2O5S/c1-5-30(26,27)24(17-9-10-19-20(13-17)29-12-11-28-19)14-21(25)23-22-16(4)7-6-8-18(22)15(2)3/h6-10,13,15H,5,11-12,14H2,1-4H3,(H,23,25). The Hall–Kier alpha value is -2.74. The van der Waals surface area contributed by atoms with Crippen LogP contribution >= 0.6 is 0 Å². The van der Waals surface area contributed by atoms with E-state index in [4.69, 9.17) is 9.47 Å². The number of ether oxygens (including phenoxy) is 2. The molecule has 1 aliphatic rings. The minimum atomic E-state index is -3.69. The molecule has 7 nitrogen and oxygen atoms in total. The summed E-state index contributed by atoms with van der Waals surface area (Å²) in [6, 6.07) is 10.7. The Morgan fingerprint density at radius 3 is 2.50 bits per heavy atom. The number of hydrogen-bond donors (Lipinski definition) is 1. The first-order chi connectivity index (χ1) is 14.2. The van der Waals surface area contributed by atoms with Gasteiger partial charge in [-0.25, -0.2) is 8.42 Å². The van der Waals surface area contributed by atoms with Crippen molar-refractivity contribution in [2.45, 2.75) is 33.6 Å². The zero-order chi connectivity index (χ0) is 21.9. The summed E-state index contributed by atoms with van der Waals surface area (Å²) in [5.74, 6) is 0.712. The molecule has 3 rings (SSSR count). The number of fused-ring (bicyclic) bond motifs is 1. The molecule has 162 valence electrons. The van der Waals surface area contributed by atoms with Crippen LogP contribution in [0.1, 0.15) is 37.8 Å². The lowest BCUT2D eigenvalue weighted by Gasteiger charge is -2.26. The molecular formula is C22H28N2O5S. The van der Waals surface area contributed by atoms with Gasteiger partial charge in [0.1, 0.15) is 19.8 Å². The molecule has 0 unspecified atom stereocenters. The molecular weight excluding hydrogens is 404 g/mol. The van der Waals surface area contributed by atoms with Gasteiger partial charge in [0, 0.05) is 11.8 Å². The number of aryl methyl sites for hydroxylation is 1. The largest absolute Gasteiger partial charge is 0.486 e. The lowest BCUT2D eigenvalue weighted by molar-refractivity contribution is -0.114. The van der Waals surface area contributed by atoms with Gasteiger partial charge in [0.25, 0.3) is 0 Å². The van der Waals surface area contributed by atoms with Gasteiger partial charge >= 0.3 is 0 Å². The fourth-order valence-electron chi connectivity index (χ4n) is 3.34. The highest BCUT2D eigenvalue weighted by atomic mass is 32.2. The quantitative estimate of drug-likeness (QED) is 0.721. The van der Waals surface area contributed by atoms with E-state index in [1.165, 1.54) is 0 Å². The summed E-state index contributed by atoms with van der Waals surface area (Å²) in [6.45, 7) is 8.07. The van der Waals surface area contributed by atoms with Crippen LogP contribution in [0, 0.1) is 6.92 Å². The fourth-order valence-corrected chi connectivity index (χ4v) is 4.41. The Kier molecular flexibility index (Phi) is 6.55. The summed E-state index contributed by atoms with van der Waals surface area (Å²) in [7, 11) is -3.69. The number of amides is 1. The second-order valence-corrected chi connectivity index (χ2v) is 9.66. The molecule has 0 aliphatic carbocycles. The Labute approximate surface area is 178 Å². The number of rotatable bonds is 7. The van der Waals surface area contributed by atoms with Crippen molar-refractivity contribution in [3.8, 4) is 11.5 Å². The summed E-state index contributed by atoms with van der Waals surface area (Å²) in [5.41, 5.74) is 3.03. The minimum absolute atomic E-state index is 0.129. The van der Waals surface area contributed by atoms with Crippen LogP contribution in [0.15, 0.2) is 36.4 Å². The highest BCUT2D eigenvalue weighted by molar-refractivity contribution is 7.92. The van der Waals surface area contributed by atoms with Crippen LogP contribution in [-0.2, 0) is 14.8 Å². The van der Waals surface area contributed by atoms with Crippen molar-refractivity contribution in [2.24, 2.45) is 0 Å². The van der Waals surface area contributed by atoms with Crippen molar-refractivity contribution < 1.29 is 22.7 Å². The number of anilines is 2. The van der Waals surface area contributed by atoms with Crippen LogP contribution in [-0.4, -0.2) is 39.8 Å². The summed E-state index contributed by atoms with van der Waals surface area (Å²) in [4.78, 5) is 12.9. The van der Waals surface area contributed by atoms with Crippen LogP contribution in [0.4, 0.5) is 11.4 Å². The topological polar surface area (TPSA) is 84.9 Å². The molecule has 0 spiro atoms. The number of benzene rings is 2.